The van der Waals surface area contributed by atoms with Crippen LogP contribution in [0.3, 0.4) is 0 Å². The highest BCUT2D eigenvalue weighted by Gasteiger charge is 2.50. The Labute approximate surface area is 96.5 Å². The number of carbonyl (C=O) groups excluding carboxylic acids is 1. The molecule has 3 N–H and O–H groups in total. The molecule has 3 rings (SSSR count). The Morgan fingerprint density at radius 2 is 2.19 bits per heavy atom. The molecule has 0 bridgehead atoms. The van der Waals surface area contributed by atoms with Gasteiger partial charge in [0.15, 0.2) is 0 Å². The molecule has 90 valence electrons. The van der Waals surface area contributed by atoms with E-state index in [2.05, 4.69) is 10.2 Å². The number of hydrogen-bond acceptors (Lipinski definition) is 3. The van der Waals surface area contributed by atoms with Gasteiger partial charge in [0.1, 0.15) is 0 Å². The lowest BCUT2D eigenvalue weighted by Crippen LogP contribution is -2.46. The third kappa shape index (κ3) is 1.55. The van der Waals surface area contributed by atoms with Gasteiger partial charge in [0.25, 0.3) is 0 Å². The summed E-state index contributed by atoms with van der Waals surface area (Å²) in [6.45, 7) is 2.89. The largest absolute Gasteiger partial charge is 0.351 e. The highest BCUT2D eigenvalue weighted by molar-refractivity contribution is 5.85. The molecule has 2 unspecified atom stereocenters. The summed E-state index contributed by atoms with van der Waals surface area (Å²) in [6.07, 6.45) is 5.63. The first-order chi connectivity index (χ1) is 7.75. The van der Waals surface area contributed by atoms with Crippen LogP contribution in [0, 0.1) is 5.41 Å². The summed E-state index contributed by atoms with van der Waals surface area (Å²) in [7, 11) is 0. The van der Waals surface area contributed by atoms with Gasteiger partial charge in [-0.25, -0.2) is 0 Å². The summed E-state index contributed by atoms with van der Waals surface area (Å²) in [5, 5.41) is 3.24. The summed E-state index contributed by atoms with van der Waals surface area (Å²) in [5.41, 5.74) is 5.49. The molecule has 3 aliphatic rings. The number of rotatable bonds is 3. The van der Waals surface area contributed by atoms with E-state index in [0.717, 1.165) is 25.8 Å². The predicted octanol–water partition coefficient (Wildman–Crippen LogP) is 0.0782. The van der Waals surface area contributed by atoms with Crippen LogP contribution in [0.5, 0.6) is 0 Å². The van der Waals surface area contributed by atoms with Gasteiger partial charge in [0, 0.05) is 25.2 Å². The maximum Gasteiger partial charge on any atom is 0.227 e. The summed E-state index contributed by atoms with van der Waals surface area (Å²) >= 11 is 0. The molecule has 2 aliphatic heterocycles. The highest BCUT2D eigenvalue weighted by Crippen LogP contribution is 2.45. The summed E-state index contributed by atoms with van der Waals surface area (Å²) in [6, 6.07) is 0.997. The number of nitrogens with one attached hydrogen (secondary N) is 1. The van der Waals surface area contributed by atoms with Gasteiger partial charge in [-0.05, 0) is 38.6 Å². The van der Waals surface area contributed by atoms with Crippen molar-refractivity contribution in [2.45, 2.75) is 44.2 Å². The fourth-order valence-electron chi connectivity index (χ4n) is 3.25. The Morgan fingerprint density at radius 1 is 1.38 bits per heavy atom. The molecule has 2 heterocycles. The molecule has 16 heavy (non-hydrogen) atoms. The van der Waals surface area contributed by atoms with Crippen LogP contribution in [-0.2, 0) is 4.79 Å². The number of amides is 1. The van der Waals surface area contributed by atoms with E-state index in [9.17, 15) is 4.79 Å². The number of nitrogens with zero attached hydrogens (tertiary/aromatic N) is 1. The molecule has 0 radical (unpaired) electrons. The van der Waals surface area contributed by atoms with Crippen molar-refractivity contribution in [1.82, 2.24) is 10.2 Å². The van der Waals surface area contributed by atoms with Gasteiger partial charge in [0.05, 0.1) is 5.41 Å². The Bertz CT molecular complexity index is 301. The quantitative estimate of drug-likeness (QED) is 0.712. The molecule has 0 aromatic heterocycles. The Balaban J connectivity index is 1.61. The molecule has 0 aromatic rings. The van der Waals surface area contributed by atoms with Crippen molar-refractivity contribution in [2.24, 2.45) is 11.1 Å². The highest BCUT2D eigenvalue weighted by atomic mass is 16.2. The minimum atomic E-state index is -0.188. The maximum absolute atomic E-state index is 12.1. The van der Waals surface area contributed by atoms with Crippen molar-refractivity contribution in [3.8, 4) is 0 Å². The molecule has 0 aromatic carbocycles. The van der Waals surface area contributed by atoms with Crippen LogP contribution in [-0.4, -0.2) is 42.5 Å². The van der Waals surface area contributed by atoms with Gasteiger partial charge in [-0.3, -0.25) is 9.69 Å². The lowest BCUT2D eigenvalue weighted by molar-refractivity contribution is -0.126. The molecule has 1 saturated carbocycles. The van der Waals surface area contributed by atoms with Gasteiger partial charge in [-0.1, -0.05) is 0 Å². The van der Waals surface area contributed by atoms with Crippen molar-refractivity contribution in [2.75, 3.05) is 19.6 Å². The minimum absolute atomic E-state index is 0.188. The molecule has 1 aliphatic carbocycles. The van der Waals surface area contributed by atoms with E-state index in [1.54, 1.807) is 0 Å². The first-order valence-corrected chi connectivity index (χ1v) is 6.50. The number of fused-ring (bicyclic) bond motifs is 1. The van der Waals surface area contributed by atoms with Crippen LogP contribution in [0.1, 0.15) is 32.1 Å². The molecule has 2 atom stereocenters. The summed E-state index contributed by atoms with van der Waals surface area (Å²) in [4.78, 5) is 14.6. The minimum Gasteiger partial charge on any atom is -0.351 e. The molecular weight excluding hydrogens is 202 g/mol. The second-order valence-corrected chi connectivity index (χ2v) is 5.60. The van der Waals surface area contributed by atoms with Crippen LogP contribution in [0.25, 0.3) is 0 Å². The topological polar surface area (TPSA) is 58.4 Å². The van der Waals surface area contributed by atoms with E-state index in [0.29, 0.717) is 18.6 Å². The predicted molar refractivity (Wildman–Crippen MR) is 61.9 cm³/mol. The average molecular weight is 223 g/mol. The van der Waals surface area contributed by atoms with Gasteiger partial charge in [0.2, 0.25) is 5.91 Å². The SMILES string of the molecule is NCC1(C(=O)NC2CCN3CCCC23)CC1. The standard InChI is InChI=1S/C12H21N3O/c13-8-12(4-5-12)11(16)14-9-3-7-15-6-1-2-10(9)15/h9-10H,1-8,13H2,(H,14,16). The average Bonchev–Trinajstić information content (AvgIpc) is 2.80. The first-order valence-electron chi connectivity index (χ1n) is 6.50. The van der Waals surface area contributed by atoms with E-state index in [1.165, 1.54) is 19.4 Å². The van der Waals surface area contributed by atoms with Crippen molar-refractivity contribution in [1.29, 1.82) is 0 Å². The molecule has 4 nitrogen and oxygen atoms in total. The number of carbonyl (C=O) groups is 1. The zero-order chi connectivity index (χ0) is 11.2. The smallest absolute Gasteiger partial charge is 0.227 e. The van der Waals surface area contributed by atoms with Crippen LogP contribution >= 0.6 is 0 Å². The van der Waals surface area contributed by atoms with Crippen LogP contribution in [0.2, 0.25) is 0 Å². The van der Waals surface area contributed by atoms with Crippen LogP contribution < -0.4 is 11.1 Å². The zero-order valence-corrected chi connectivity index (χ0v) is 9.74. The molecule has 0 spiro atoms. The number of nitrogens with two attached hydrogens (primary N) is 1. The normalized spacial score (nSPS) is 36.1. The molecular formula is C12H21N3O. The van der Waals surface area contributed by atoms with E-state index in [-0.39, 0.29) is 11.3 Å². The third-order valence-corrected chi connectivity index (χ3v) is 4.65. The van der Waals surface area contributed by atoms with Crippen LogP contribution in [0.4, 0.5) is 0 Å². The molecule has 1 amide bonds. The van der Waals surface area contributed by atoms with Gasteiger partial charge in [-0.2, -0.15) is 0 Å². The van der Waals surface area contributed by atoms with Gasteiger partial charge < -0.3 is 11.1 Å². The monoisotopic (exact) mass is 223 g/mol. The van der Waals surface area contributed by atoms with Gasteiger partial charge >= 0.3 is 0 Å². The summed E-state index contributed by atoms with van der Waals surface area (Å²) in [5.74, 6) is 0.216. The fraction of sp³-hybridized carbons (Fsp3) is 0.917. The maximum atomic E-state index is 12.1. The lowest BCUT2D eigenvalue weighted by atomic mass is 10.0. The lowest BCUT2D eigenvalue weighted by Gasteiger charge is -2.23. The molecule has 2 saturated heterocycles. The van der Waals surface area contributed by atoms with E-state index in [4.69, 9.17) is 5.73 Å². The van der Waals surface area contributed by atoms with Crippen LogP contribution in [0.15, 0.2) is 0 Å². The second-order valence-electron chi connectivity index (χ2n) is 5.60. The Hall–Kier alpha value is -0.610. The van der Waals surface area contributed by atoms with E-state index >= 15 is 0 Å². The zero-order valence-electron chi connectivity index (χ0n) is 9.74. The van der Waals surface area contributed by atoms with Gasteiger partial charge in [-0.15, -0.1) is 0 Å². The third-order valence-electron chi connectivity index (χ3n) is 4.65. The molecule has 3 fully saturated rings. The van der Waals surface area contributed by atoms with Crippen molar-refractivity contribution < 1.29 is 4.79 Å². The first kappa shape index (κ1) is 10.5. The van der Waals surface area contributed by atoms with Crippen molar-refractivity contribution >= 4 is 5.91 Å². The summed E-state index contributed by atoms with van der Waals surface area (Å²) < 4.78 is 0. The molecule has 4 heteroatoms. The van der Waals surface area contributed by atoms with E-state index < -0.39 is 0 Å². The van der Waals surface area contributed by atoms with Crippen molar-refractivity contribution in [3.05, 3.63) is 0 Å². The fourth-order valence-corrected chi connectivity index (χ4v) is 3.25. The van der Waals surface area contributed by atoms with E-state index in [1.807, 2.05) is 0 Å². The van der Waals surface area contributed by atoms with Crippen molar-refractivity contribution in [3.63, 3.8) is 0 Å². The number of hydrogen-bond donors (Lipinski definition) is 2. The second kappa shape index (κ2) is 3.70. The Morgan fingerprint density at radius 3 is 2.88 bits per heavy atom. The Kier molecular flexibility index (Phi) is 2.44.